The predicted molar refractivity (Wildman–Crippen MR) is 155 cm³/mol. The van der Waals surface area contributed by atoms with Crippen molar-refractivity contribution in [1.82, 2.24) is 9.47 Å². The van der Waals surface area contributed by atoms with E-state index in [1.807, 2.05) is 10.6 Å². The van der Waals surface area contributed by atoms with Gasteiger partial charge in [-0.3, -0.25) is 14.9 Å². The molecule has 2 fully saturated rings. The highest BCUT2D eigenvalue weighted by Crippen LogP contribution is 2.45. The van der Waals surface area contributed by atoms with Gasteiger partial charge < -0.3 is 28.4 Å². The van der Waals surface area contributed by atoms with Crippen LogP contribution in [-0.2, 0) is 30.3 Å². The average molecular weight is 580 g/mol. The Morgan fingerprint density at radius 3 is 2.38 bits per heavy atom. The lowest BCUT2D eigenvalue weighted by Crippen LogP contribution is -2.42. The Morgan fingerprint density at radius 1 is 1.02 bits per heavy atom. The number of nitrogens with zero attached hydrogens (tertiary/aromatic N) is 3. The Morgan fingerprint density at radius 2 is 1.74 bits per heavy atom. The molecule has 2 aromatic carbocycles. The van der Waals surface area contributed by atoms with E-state index in [1.54, 1.807) is 29.2 Å². The second-order valence-corrected chi connectivity index (χ2v) is 10.7. The standard InChI is InChI=1S/C31H37N3O8/c1-39-30(36)22-9-11-23-26(18-22)33(19-27(35)32-13-15-42-16-14-32)29(28(23)20-7-5-4-6-8-20)21-10-12-25(34(37)38)24(17-21)31(40-2)41-3/h9-12,17-18,20,31H,4-8,13-16,19H2,1-3H3. The van der Waals surface area contributed by atoms with Crippen molar-refractivity contribution < 1.29 is 33.5 Å². The summed E-state index contributed by atoms with van der Waals surface area (Å²) >= 11 is 0. The fraction of sp³-hybridized carbons (Fsp3) is 0.484. The Labute approximate surface area is 244 Å². The molecule has 1 aliphatic heterocycles. The van der Waals surface area contributed by atoms with Crippen molar-refractivity contribution >= 4 is 28.5 Å². The second-order valence-electron chi connectivity index (χ2n) is 10.7. The Balaban J connectivity index is 1.78. The molecule has 11 heteroatoms. The monoisotopic (exact) mass is 579 g/mol. The van der Waals surface area contributed by atoms with Crippen LogP contribution < -0.4 is 0 Å². The maximum Gasteiger partial charge on any atom is 0.337 e. The van der Waals surface area contributed by atoms with Crippen LogP contribution in [0.5, 0.6) is 0 Å². The maximum absolute atomic E-state index is 13.7. The third-order valence-corrected chi connectivity index (χ3v) is 8.38. The van der Waals surface area contributed by atoms with Crippen LogP contribution in [0, 0.1) is 10.1 Å². The number of nitro groups is 1. The van der Waals surface area contributed by atoms with Crippen LogP contribution >= 0.6 is 0 Å². The van der Waals surface area contributed by atoms with Crippen molar-refractivity contribution in [3.05, 3.63) is 63.2 Å². The fourth-order valence-electron chi connectivity index (χ4n) is 6.36. The number of benzene rings is 2. The Bertz CT molecular complexity index is 1470. The van der Waals surface area contributed by atoms with Gasteiger partial charge in [-0.2, -0.15) is 0 Å². The van der Waals surface area contributed by atoms with E-state index < -0.39 is 17.2 Å². The van der Waals surface area contributed by atoms with E-state index in [0.29, 0.717) is 37.4 Å². The number of amides is 1. The zero-order chi connectivity index (χ0) is 29.8. The van der Waals surface area contributed by atoms with Gasteiger partial charge in [0, 0.05) is 38.8 Å². The zero-order valence-corrected chi connectivity index (χ0v) is 24.3. The number of hydrogen-bond donors (Lipinski definition) is 0. The lowest BCUT2D eigenvalue weighted by Gasteiger charge is -2.28. The molecule has 11 nitrogen and oxygen atoms in total. The normalized spacial score (nSPS) is 16.2. The summed E-state index contributed by atoms with van der Waals surface area (Å²) in [7, 11) is 4.21. The molecule has 0 spiro atoms. The van der Waals surface area contributed by atoms with Crippen LogP contribution in [0.1, 0.15) is 65.8 Å². The molecular formula is C31H37N3O8. The number of esters is 1. The number of carbonyl (C=O) groups excluding carboxylic acids is 2. The first-order valence-electron chi connectivity index (χ1n) is 14.3. The maximum atomic E-state index is 13.7. The highest BCUT2D eigenvalue weighted by Gasteiger charge is 2.31. The quantitative estimate of drug-likeness (QED) is 0.147. The lowest BCUT2D eigenvalue weighted by atomic mass is 9.81. The highest BCUT2D eigenvalue weighted by molar-refractivity contribution is 5.99. The topological polar surface area (TPSA) is 122 Å². The molecule has 0 radical (unpaired) electrons. The fourth-order valence-corrected chi connectivity index (χ4v) is 6.36. The van der Waals surface area contributed by atoms with Crippen molar-refractivity contribution in [1.29, 1.82) is 0 Å². The van der Waals surface area contributed by atoms with Crippen LogP contribution in [0.2, 0.25) is 0 Å². The molecule has 1 amide bonds. The minimum absolute atomic E-state index is 0.0352. The van der Waals surface area contributed by atoms with E-state index in [2.05, 4.69) is 0 Å². The van der Waals surface area contributed by atoms with Crippen molar-refractivity contribution in [2.75, 3.05) is 47.6 Å². The second kappa shape index (κ2) is 13.0. The van der Waals surface area contributed by atoms with E-state index >= 15 is 0 Å². The third-order valence-electron chi connectivity index (χ3n) is 8.38. The molecule has 2 heterocycles. The van der Waals surface area contributed by atoms with Crippen molar-refractivity contribution in [2.24, 2.45) is 0 Å². The minimum Gasteiger partial charge on any atom is -0.465 e. The first-order valence-corrected chi connectivity index (χ1v) is 14.3. The van der Waals surface area contributed by atoms with E-state index in [1.165, 1.54) is 27.4 Å². The SMILES string of the molecule is COC(=O)c1ccc2c(C3CCCCC3)c(-c3ccc([N+](=O)[O-])c(C(OC)OC)c3)n(CC(=O)N3CCOCC3)c2c1. The van der Waals surface area contributed by atoms with Gasteiger partial charge in [0.05, 0.1) is 47.6 Å². The van der Waals surface area contributed by atoms with Gasteiger partial charge in [0.15, 0.2) is 6.29 Å². The largest absolute Gasteiger partial charge is 0.465 e. The summed E-state index contributed by atoms with van der Waals surface area (Å²) in [5, 5.41) is 12.9. The molecular weight excluding hydrogens is 542 g/mol. The summed E-state index contributed by atoms with van der Waals surface area (Å²) in [6.07, 6.45) is 4.36. The minimum atomic E-state index is -0.956. The van der Waals surface area contributed by atoms with Crippen molar-refractivity contribution in [2.45, 2.75) is 50.9 Å². The molecule has 1 aliphatic carbocycles. The van der Waals surface area contributed by atoms with Gasteiger partial charge in [-0.15, -0.1) is 0 Å². The number of fused-ring (bicyclic) bond motifs is 1. The van der Waals surface area contributed by atoms with Crippen LogP contribution in [0.3, 0.4) is 0 Å². The number of ether oxygens (including phenoxy) is 4. The number of methoxy groups -OCH3 is 3. The number of carbonyl (C=O) groups is 2. The number of morpholine rings is 1. The average Bonchev–Trinajstić information content (AvgIpc) is 3.35. The first-order chi connectivity index (χ1) is 20.4. The molecule has 42 heavy (non-hydrogen) atoms. The van der Waals surface area contributed by atoms with Gasteiger partial charge in [0.1, 0.15) is 6.54 Å². The molecule has 2 aliphatic rings. The van der Waals surface area contributed by atoms with Gasteiger partial charge >= 0.3 is 5.97 Å². The van der Waals surface area contributed by atoms with Crippen LogP contribution in [0.15, 0.2) is 36.4 Å². The highest BCUT2D eigenvalue weighted by atomic mass is 16.7. The predicted octanol–water partition coefficient (Wildman–Crippen LogP) is 5.20. The summed E-state index contributed by atoms with van der Waals surface area (Å²) in [6.45, 7) is 1.99. The van der Waals surface area contributed by atoms with E-state index in [9.17, 15) is 19.7 Å². The molecule has 1 saturated heterocycles. The molecule has 3 aromatic rings. The number of rotatable bonds is 9. The van der Waals surface area contributed by atoms with Crippen molar-refractivity contribution in [3.63, 3.8) is 0 Å². The smallest absolute Gasteiger partial charge is 0.337 e. The number of hydrogen-bond acceptors (Lipinski definition) is 8. The van der Waals surface area contributed by atoms with Gasteiger partial charge in [-0.25, -0.2) is 4.79 Å². The summed E-state index contributed by atoms with van der Waals surface area (Å²) in [6, 6.07) is 10.4. The molecule has 0 unspecified atom stereocenters. The van der Waals surface area contributed by atoms with Crippen LogP contribution in [0.25, 0.3) is 22.2 Å². The van der Waals surface area contributed by atoms with Crippen LogP contribution in [0.4, 0.5) is 5.69 Å². The van der Waals surface area contributed by atoms with E-state index in [-0.39, 0.29) is 29.6 Å². The Hall–Kier alpha value is -3.80. The summed E-state index contributed by atoms with van der Waals surface area (Å²) in [4.78, 5) is 39.6. The molecule has 0 N–H and O–H groups in total. The molecule has 0 atom stereocenters. The van der Waals surface area contributed by atoms with E-state index in [4.69, 9.17) is 18.9 Å². The lowest BCUT2D eigenvalue weighted by molar-refractivity contribution is -0.387. The summed E-state index contributed by atoms with van der Waals surface area (Å²) < 4.78 is 23.3. The molecule has 5 rings (SSSR count). The molecule has 1 saturated carbocycles. The summed E-state index contributed by atoms with van der Waals surface area (Å²) in [5.41, 5.74) is 3.89. The Kier molecular flexibility index (Phi) is 9.20. The first kappa shape index (κ1) is 29.7. The van der Waals surface area contributed by atoms with Gasteiger partial charge in [-0.1, -0.05) is 25.3 Å². The van der Waals surface area contributed by atoms with Gasteiger partial charge in [0.2, 0.25) is 5.91 Å². The number of nitro benzene ring substituents is 1. The van der Waals surface area contributed by atoms with Gasteiger partial charge in [0.25, 0.3) is 5.69 Å². The van der Waals surface area contributed by atoms with Crippen molar-refractivity contribution in [3.8, 4) is 11.3 Å². The van der Waals surface area contributed by atoms with Crippen LogP contribution in [-0.4, -0.2) is 73.9 Å². The molecule has 0 bridgehead atoms. The third kappa shape index (κ3) is 5.77. The summed E-state index contributed by atoms with van der Waals surface area (Å²) in [5.74, 6) is -0.311. The molecule has 1 aromatic heterocycles. The molecule has 224 valence electrons. The van der Waals surface area contributed by atoms with E-state index in [0.717, 1.165) is 54.3 Å². The zero-order valence-electron chi connectivity index (χ0n) is 24.3. The van der Waals surface area contributed by atoms with Gasteiger partial charge in [-0.05, 0) is 54.2 Å². The number of aromatic nitrogens is 1.